The molecule has 0 aliphatic carbocycles. The number of hydrogen-bond donors (Lipinski definition) is 0. The minimum atomic E-state index is -0.410. The summed E-state index contributed by atoms with van der Waals surface area (Å²) in [5, 5.41) is 0.578. The van der Waals surface area contributed by atoms with Gasteiger partial charge in [0.05, 0.1) is 15.6 Å². The third-order valence-electron chi connectivity index (χ3n) is 3.42. The van der Waals surface area contributed by atoms with Crippen LogP contribution in [-0.4, -0.2) is 48.3 Å². The van der Waals surface area contributed by atoms with E-state index in [1.165, 1.54) is 4.90 Å². The summed E-state index contributed by atoms with van der Waals surface area (Å²) in [6, 6.07) is 4.53. The number of halogens is 2. The summed E-state index contributed by atoms with van der Waals surface area (Å²) in [6.45, 7) is 0.561. The van der Waals surface area contributed by atoms with E-state index >= 15 is 0 Å². The van der Waals surface area contributed by atoms with Gasteiger partial charge in [0.1, 0.15) is 6.04 Å². The van der Waals surface area contributed by atoms with Crippen molar-refractivity contribution in [3.8, 4) is 0 Å². The molecule has 0 saturated carbocycles. The third-order valence-corrected chi connectivity index (χ3v) is 4.24. The highest BCUT2D eigenvalue weighted by molar-refractivity contribution is 6.43. The first kappa shape index (κ1) is 15.1. The van der Waals surface area contributed by atoms with E-state index in [1.807, 2.05) is 0 Å². The lowest BCUT2D eigenvalue weighted by molar-refractivity contribution is -0.132. The van der Waals surface area contributed by atoms with Gasteiger partial charge in [0.2, 0.25) is 5.91 Å². The number of amides is 2. The Kier molecular flexibility index (Phi) is 4.55. The fourth-order valence-corrected chi connectivity index (χ4v) is 2.77. The van der Waals surface area contributed by atoms with Crippen molar-refractivity contribution in [2.75, 3.05) is 20.6 Å². The van der Waals surface area contributed by atoms with Crippen LogP contribution in [0.25, 0.3) is 0 Å². The molecule has 1 aromatic carbocycles. The normalized spacial score (nSPS) is 18.2. The average Bonchev–Trinajstić information content (AvgIpc) is 2.89. The summed E-state index contributed by atoms with van der Waals surface area (Å²) in [6.07, 6.45) is 1.50. The molecule has 0 bridgehead atoms. The molecular formula is C14H16Cl2N2O2. The van der Waals surface area contributed by atoms with E-state index in [2.05, 4.69) is 0 Å². The smallest absolute Gasteiger partial charge is 0.256 e. The molecule has 1 aromatic rings. The molecule has 1 fully saturated rings. The highest BCUT2D eigenvalue weighted by atomic mass is 35.5. The van der Waals surface area contributed by atoms with Crippen LogP contribution in [0.4, 0.5) is 0 Å². The second-order valence-corrected chi connectivity index (χ2v) is 5.78. The zero-order chi connectivity index (χ0) is 14.9. The number of nitrogens with zero attached hydrogens (tertiary/aromatic N) is 2. The Morgan fingerprint density at radius 1 is 1.30 bits per heavy atom. The lowest BCUT2D eigenvalue weighted by Crippen LogP contribution is -2.45. The molecule has 1 atom stereocenters. The molecule has 1 aliphatic rings. The minimum Gasteiger partial charge on any atom is -0.347 e. The summed E-state index contributed by atoms with van der Waals surface area (Å²) in [5.74, 6) is -0.302. The molecule has 4 nitrogen and oxygen atoms in total. The maximum atomic E-state index is 12.6. The van der Waals surface area contributed by atoms with Crippen LogP contribution in [0.1, 0.15) is 23.2 Å². The number of benzene rings is 1. The van der Waals surface area contributed by atoms with Crippen molar-refractivity contribution >= 4 is 35.0 Å². The Bertz CT molecular complexity index is 546. The molecule has 2 amide bonds. The number of carbonyl (C=O) groups excluding carboxylic acids is 2. The predicted molar refractivity (Wildman–Crippen MR) is 79.2 cm³/mol. The molecule has 6 heteroatoms. The van der Waals surface area contributed by atoms with Crippen molar-refractivity contribution in [2.24, 2.45) is 0 Å². The monoisotopic (exact) mass is 314 g/mol. The van der Waals surface area contributed by atoms with Crippen molar-refractivity contribution in [1.29, 1.82) is 0 Å². The van der Waals surface area contributed by atoms with E-state index in [1.54, 1.807) is 37.2 Å². The molecule has 0 aromatic heterocycles. The van der Waals surface area contributed by atoms with Gasteiger partial charge in [0.15, 0.2) is 0 Å². The number of likely N-dealkylation sites (N-methyl/N-ethyl adjacent to an activating group) is 1. The van der Waals surface area contributed by atoms with Crippen molar-refractivity contribution < 1.29 is 9.59 Å². The van der Waals surface area contributed by atoms with Crippen LogP contribution in [0.15, 0.2) is 18.2 Å². The van der Waals surface area contributed by atoms with Crippen molar-refractivity contribution in [3.05, 3.63) is 33.8 Å². The van der Waals surface area contributed by atoms with Crippen LogP contribution < -0.4 is 0 Å². The number of hydrogen-bond acceptors (Lipinski definition) is 2. The Morgan fingerprint density at radius 3 is 2.65 bits per heavy atom. The molecular weight excluding hydrogens is 299 g/mol. The summed E-state index contributed by atoms with van der Waals surface area (Å²) in [5.41, 5.74) is 0.345. The standard InChI is InChI=1S/C14H16Cl2N2O2/c1-17(2)14(20)11-7-4-8-18(11)13(19)9-5-3-6-10(15)12(9)16/h3,5-6,11H,4,7-8H2,1-2H3. The van der Waals surface area contributed by atoms with Crippen LogP contribution >= 0.6 is 23.2 Å². The van der Waals surface area contributed by atoms with Gasteiger partial charge in [0, 0.05) is 20.6 Å². The fourth-order valence-electron chi connectivity index (χ4n) is 2.39. The number of likely N-dealkylation sites (tertiary alicyclic amines) is 1. The minimum absolute atomic E-state index is 0.0611. The van der Waals surface area contributed by atoms with Crippen molar-refractivity contribution in [2.45, 2.75) is 18.9 Å². The first-order chi connectivity index (χ1) is 9.43. The molecule has 1 heterocycles. The Labute approximate surface area is 128 Å². The topological polar surface area (TPSA) is 40.6 Å². The van der Waals surface area contributed by atoms with Crippen LogP contribution in [0.3, 0.4) is 0 Å². The number of carbonyl (C=O) groups is 2. The molecule has 1 aliphatic heterocycles. The second-order valence-electron chi connectivity index (χ2n) is 4.99. The average molecular weight is 315 g/mol. The van der Waals surface area contributed by atoms with Gasteiger partial charge in [0.25, 0.3) is 5.91 Å². The highest BCUT2D eigenvalue weighted by Gasteiger charge is 2.36. The van der Waals surface area contributed by atoms with E-state index in [9.17, 15) is 9.59 Å². The second kappa shape index (κ2) is 6.02. The van der Waals surface area contributed by atoms with E-state index in [0.717, 1.165) is 6.42 Å². The molecule has 0 N–H and O–H groups in total. The third kappa shape index (κ3) is 2.76. The van der Waals surface area contributed by atoms with Gasteiger partial charge in [-0.1, -0.05) is 29.3 Å². The summed E-state index contributed by atoms with van der Waals surface area (Å²) >= 11 is 12.0. The summed E-state index contributed by atoms with van der Waals surface area (Å²) in [7, 11) is 3.38. The van der Waals surface area contributed by atoms with Crippen LogP contribution in [0.2, 0.25) is 10.0 Å². The Morgan fingerprint density at radius 2 is 2.00 bits per heavy atom. The molecule has 20 heavy (non-hydrogen) atoms. The van der Waals surface area contributed by atoms with Crippen LogP contribution in [0.5, 0.6) is 0 Å². The largest absolute Gasteiger partial charge is 0.347 e. The SMILES string of the molecule is CN(C)C(=O)C1CCCN1C(=O)c1cccc(Cl)c1Cl. The van der Waals surface area contributed by atoms with E-state index in [0.29, 0.717) is 23.6 Å². The van der Waals surface area contributed by atoms with Gasteiger partial charge in [-0.15, -0.1) is 0 Å². The molecule has 108 valence electrons. The van der Waals surface area contributed by atoms with Crippen LogP contribution in [0, 0.1) is 0 Å². The fraction of sp³-hybridized carbons (Fsp3) is 0.429. The molecule has 0 spiro atoms. The van der Waals surface area contributed by atoms with Crippen LogP contribution in [-0.2, 0) is 4.79 Å². The zero-order valence-electron chi connectivity index (χ0n) is 11.4. The zero-order valence-corrected chi connectivity index (χ0v) is 12.9. The van der Waals surface area contributed by atoms with Gasteiger partial charge in [-0.05, 0) is 25.0 Å². The van der Waals surface area contributed by atoms with Gasteiger partial charge in [-0.25, -0.2) is 0 Å². The highest BCUT2D eigenvalue weighted by Crippen LogP contribution is 2.29. The lowest BCUT2D eigenvalue weighted by atomic mass is 10.1. The first-order valence-electron chi connectivity index (χ1n) is 6.39. The molecule has 0 radical (unpaired) electrons. The van der Waals surface area contributed by atoms with Gasteiger partial charge < -0.3 is 9.80 Å². The van der Waals surface area contributed by atoms with Gasteiger partial charge in [-0.3, -0.25) is 9.59 Å². The maximum Gasteiger partial charge on any atom is 0.256 e. The molecule has 1 saturated heterocycles. The maximum absolute atomic E-state index is 12.6. The van der Waals surface area contributed by atoms with E-state index < -0.39 is 6.04 Å². The Hall–Kier alpha value is -1.26. The number of rotatable bonds is 2. The summed E-state index contributed by atoms with van der Waals surface area (Å²) in [4.78, 5) is 27.8. The van der Waals surface area contributed by atoms with Gasteiger partial charge >= 0.3 is 0 Å². The van der Waals surface area contributed by atoms with E-state index in [-0.39, 0.29) is 16.8 Å². The van der Waals surface area contributed by atoms with Crippen molar-refractivity contribution in [1.82, 2.24) is 9.80 Å². The predicted octanol–water partition coefficient (Wildman–Crippen LogP) is 2.69. The lowest BCUT2D eigenvalue weighted by Gasteiger charge is -2.26. The molecule has 1 unspecified atom stereocenters. The quantitative estimate of drug-likeness (QED) is 0.842. The van der Waals surface area contributed by atoms with Gasteiger partial charge in [-0.2, -0.15) is 0 Å². The Balaban J connectivity index is 2.28. The summed E-state index contributed by atoms with van der Waals surface area (Å²) < 4.78 is 0. The first-order valence-corrected chi connectivity index (χ1v) is 7.15. The molecule has 2 rings (SSSR count). The van der Waals surface area contributed by atoms with Crippen molar-refractivity contribution in [3.63, 3.8) is 0 Å². The van der Waals surface area contributed by atoms with E-state index in [4.69, 9.17) is 23.2 Å².